The summed E-state index contributed by atoms with van der Waals surface area (Å²) >= 11 is 0. The van der Waals surface area contributed by atoms with Crippen molar-refractivity contribution in [2.75, 3.05) is 12.0 Å². The van der Waals surface area contributed by atoms with Crippen LogP contribution in [0, 0.1) is 20.8 Å². The van der Waals surface area contributed by atoms with Crippen molar-refractivity contribution >= 4 is 22.5 Å². The van der Waals surface area contributed by atoms with E-state index in [0.717, 1.165) is 33.3 Å². The summed E-state index contributed by atoms with van der Waals surface area (Å²) in [6, 6.07) is 20.8. The number of aromatic nitrogens is 1. The largest absolute Gasteiger partial charge is 0.496 e. The second-order valence-electron chi connectivity index (χ2n) is 8.03. The number of benzene rings is 3. The fourth-order valence-electron chi connectivity index (χ4n) is 3.91. The van der Waals surface area contributed by atoms with E-state index in [0.29, 0.717) is 16.9 Å². The molecule has 0 spiro atoms. The predicted molar refractivity (Wildman–Crippen MR) is 129 cm³/mol. The van der Waals surface area contributed by atoms with E-state index in [-0.39, 0.29) is 18.0 Å². The molecule has 0 aliphatic carbocycles. The van der Waals surface area contributed by atoms with Crippen molar-refractivity contribution < 1.29 is 9.53 Å². The van der Waals surface area contributed by atoms with Crippen LogP contribution in [-0.2, 0) is 6.54 Å². The number of anilines is 1. The zero-order chi connectivity index (χ0) is 22.8. The minimum atomic E-state index is -0.223. The van der Waals surface area contributed by atoms with E-state index in [1.165, 1.54) is 0 Å². The molecule has 0 unspecified atom stereocenters. The van der Waals surface area contributed by atoms with Gasteiger partial charge in [-0.25, -0.2) is 0 Å². The first-order chi connectivity index (χ1) is 15.4. The summed E-state index contributed by atoms with van der Waals surface area (Å²) in [7, 11) is 1.55. The van der Waals surface area contributed by atoms with Gasteiger partial charge in [0, 0.05) is 16.8 Å². The molecule has 0 saturated carbocycles. The van der Waals surface area contributed by atoms with Crippen LogP contribution in [0.15, 0.2) is 71.5 Å². The zero-order valence-electron chi connectivity index (χ0n) is 18.7. The normalized spacial score (nSPS) is 10.9. The molecule has 4 aromatic rings. The van der Waals surface area contributed by atoms with Crippen molar-refractivity contribution in [3.63, 3.8) is 0 Å². The lowest BCUT2D eigenvalue weighted by molar-refractivity contribution is 0.0982. The summed E-state index contributed by atoms with van der Waals surface area (Å²) in [5.41, 5.74) is 5.45. The smallest absolute Gasteiger partial charge is 0.262 e. The van der Waals surface area contributed by atoms with Gasteiger partial charge in [-0.05, 0) is 73.2 Å². The Morgan fingerprint density at radius 3 is 2.53 bits per heavy atom. The van der Waals surface area contributed by atoms with Crippen molar-refractivity contribution in [1.29, 1.82) is 0 Å². The van der Waals surface area contributed by atoms with E-state index >= 15 is 0 Å². The molecule has 3 aromatic carbocycles. The number of ether oxygens (including phenoxy) is 1. The maximum absolute atomic E-state index is 13.7. The number of hydrogen-bond donors (Lipinski definition) is 1. The Bertz CT molecular complexity index is 1370. The van der Waals surface area contributed by atoms with Gasteiger partial charge in [-0.15, -0.1) is 0 Å². The van der Waals surface area contributed by atoms with Gasteiger partial charge in [0.15, 0.2) is 0 Å². The Hall–Kier alpha value is -3.86. The summed E-state index contributed by atoms with van der Waals surface area (Å²) in [6.07, 6.45) is 0. The third-order valence-corrected chi connectivity index (χ3v) is 5.86. The number of rotatable bonds is 5. The highest BCUT2D eigenvalue weighted by atomic mass is 16.5. The number of aromatic amines is 1. The van der Waals surface area contributed by atoms with Gasteiger partial charge in [-0.3, -0.25) is 9.59 Å². The van der Waals surface area contributed by atoms with Crippen LogP contribution in [0.3, 0.4) is 0 Å². The Balaban J connectivity index is 1.85. The number of carbonyl (C=O) groups is 1. The van der Waals surface area contributed by atoms with Crippen LogP contribution < -0.4 is 15.2 Å². The standard InChI is InChI=1S/C27H26N2O3/c1-17-12-13-20-15-21(26(30)28-23(20)14-17)16-29(24-10-7-8-18(2)19(24)3)27(31)22-9-5-6-11-25(22)32-4/h5-15H,16H2,1-4H3,(H,28,30). The first-order valence-corrected chi connectivity index (χ1v) is 10.5. The van der Waals surface area contributed by atoms with E-state index < -0.39 is 0 Å². The molecule has 0 aliphatic heterocycles. The van der Waals surface area contributed by atoms with Gasteiger partial charge in [-0.2, -0.15) is 0 Å². The quantitative estimate of drug-likeness (QED) is 0.470. The molecular weight excluding hydrogens is 400 g/mol. The molecule has 0 bridgehead atoms. The highest BCUT2D eigenvalue weighted by Crippen LogP contribution is 2.29. The van der Waals surface area contributed by atoms with Gasteiger partial charge in [0.2, 0.25) is 0 Å². The number of nitrogens with one attached hydrogen (secondary N) is 1. The number of amides is 1. The second-order valence-corrected chi connectivity index (χ2v) is 8.03. The summed E-state index contributed by atoms with van der Waals surface area (Å²) in [5, 5.41) is 0.927. The number of fused-ring (bicyclic) bond motifs is 1. The van der Waals surface area contributed by atoms with Crippen LogP contribution in [0.1, 0.15) is 32.6 Å². The SMILES string of the molecule is COc1ccccc1C(=O)N(Cc1cc2ccc(C)cc2[nH]c1=O)c1cccc(C)c1C. The summed E-state index contributed by atoms with van der Waals surface area (Å²) < 4.78 is 5.43. The predicted octanol–water partition coefficient (Wildman–Crippen LogP) is 5.31. The first-order valence-electron chi connectivity index (χ1n) is 10.5. The Morgan fingerprint density at radius 1 is 0.969 bits per heavy atom. The molecule has 0 fully saturated rings. The van der Waals surface area contributed by atoms with Crippen molar-refractivity contribution in [3.05, 3.63) is 105 Å². The van der Waals surface area contributed by atoms with Crippen molar-refractivity contribution in [3.8, 4) is 5.75 Å². The molecule has 0 aliphatic rings. The number of pyridine rings is 1. The lowest BCUT2D eigenvalue weighted by Gasteiger charge is -2.26. The highest BCUT2D eigenvalue weighted by Gasteiger charge is 2.24. The maximum atomic E-state index is 13.7. The molecule has 32 heavy (non-hydrogen) atoms. The number of H-pyrrole nitrogens is 1. The topological polar surface area (TPSA) is 62.4 Å². The number of methoxy groups -OCH3 is 1. The molecule has 5 nitrogen and oxygen atoms in total. The van der Waals surface area contributed by atoms with Crippen LogP contribution in [0.4, 0.5) is 5.69 Å². The molecule has 0 atom stereocenters. The average Bonchev–Trinajstić information content (AvgIpc) is 2.79. The van der Waals surface area contributed by atoms with Gasteiger partial charge < -0.3 is 14.6 Å². The first kappa shape index (κ1) is 21.4. The van der Waals surface area contributed by atoms with E-state index in [1.54, 1.807) is 24.1 Å². The van der Waals surface area contributed by atoms with Crippen LogP contribution >= 0.6 is 0 Å². The minimum absolute atomic E-state index is 0.139. The van der Waals surface area contributed by atoms with Crippen LogP contribution in [0.5, 0.6) is 5.75 Å². The van der Waals surface area contributed by atoms with Crippen molar-refractivity contribution in [2.24, 2.45) is 0 Å². The third kappa shape index (κ3) is 4.02. The van der Waals surface area contributed by atoms with E-state index in [4.69, 9.17) is 4.74 Å². The molecule has 0 saturated heterocycles. The molecule has 5 heteroatoms. The molecule has 0 radical (unpaired) electrons. The lowest BCUT2D eigenvalue weighted by atomic mass is 10.0. The molecule has 1 heterocycles. The summed E-state index contributed by atoms with van der Waals surface area (Å²) in [4.78, 5) is 31.3. The third-order valence-electron chi connectivity index (χ3n) is 5.86. The van der Waals surface area contributed by atoms with Gasteiger partial charge in [0.05, 0.1) is 19.2 Å². The Kier molecular flexibility index (Phi) is 5.82. The fourth-order valence-corrected chi connectivity index (χ4v) is 3.91. The average molecular weight is 427 g/mol. The number of para-hydroxylation sites is 1. The lowest BCUT2D eigenvalue weighted by Crippen LogP contribution is -2.33. The van der Waals surface area contributed by atoms with Gasteiger partial charge in [0.1, 0.15) is 5.75 Å². The summed E-state index contributed by atoms with van der Waals surface area (Å²) in [6.45, 7) is 6.12. The molecule has 1 amide bonds. The van der Waals surface area contributed by atoms with Crippen molar-refractivity contribution in [2.45, 2.75) is 27.3 Å². The Labute approximate surface area is 187 Å². The molecule has 1 N–H and O–H groups in total. The van der Waals surface area contributed by atoms with Gasteiger partial charge in [0.25, 0.3) is 11.5 Å². The Morgan fingerprint density at radius 2 is 1.75 bits per heavy atom. The van der Waals surface area contributed by atoms with Gasteiger partial charge in [-0.1, -0.05) is 36.4 Å². The number of carbonyl (C=O) groups excluding carboxylic acids is 1. The zero-order valence-corrected chi connectivity index (χ0v) is 18.7. The highest BCUT2D eigenvalue weighted by molar-refractivity contribution is 6.08. The monoisotopic (exact) mass is 426 g/mol. The summed E-state index contributed by atoms with van der Waals surface area (Å²) in [5.74, 6) is 0.273. The van der Waals surface area contributed by atoms with E-state index in [1.807, 2.05) is 75.4 Å². The molecular formula is C27H26N2O3. The van der Waals surface area contributed by atoms with E-state index in [2.05, 4.69) is 4.98 Å². The second kappa shape index (κ2) is 8.71. The minimum Gasteiger partial charge on any atom is -0.496 e. The molecule has 4 rings (SSSR count). The number of aryl methyl sites for hydroxylation is 2. The van der Waals surface area contributed by atoms with E-state index in [9.17, 15) is 9.59 Å². The van der Waals surface area contributed by atoms with Gasteiger partial charge >= 0.3 is 0 Å². The molecule has 162 valence electrons. The van der Waals surface area contributed by atoms with Crippen LogP contribution in [0.2, 0.25) is 0 Å². The van der Waals surface area contributed by atoms with Crippen LogP contribution in [0.25, 0.3) is 10.9 Å². The fraction of sp³-hybridized carbons (Fsp3) is 0.185. The molecule has 1 aromatic heterocycles. The number of nitrogens with zero attached hydrogens (tertiary/aromatic N) is 1. The maximum Gasteiger partial charge on any atom is 0.262 e. The number of hydrogen-bond acceptors (Lipinski definition) is 3. The van der Waals surface area contributed by atoms with Crippen molar-refractivity contribution in [1.82, 2.24) is 4.98 Å². The van der Waals surface area contributed by atoms with Crippen LogP contribution in [-0.4, -0.2) is 18.0 Å².